The van der Waals surface area contributed by atoms with Crippen molar-refractivity contribution < 1.29 is 9.13 Å². The van der Waals surface area contributed by atoms with Crippen molar-refractivity contribution >= 4 is 11.6 Å². The second kappa shape index (κ2) is 5.43. The summed E-state index contributed by atoms with van der Waals surface area (Å²) in [6, 6.07) is 12.3. The second-order valence-electron chi connectivity index (χ2n) is 4.92. The highest BCUT2D eigenvalue weighted by molar-refractivity contribution is 6.30. The fourth-order valence-corrected chi connectivity index (χ4v) is 2.81. The molecule has 20 heavy (non-hydrogen) atoms. The Balaban J connectivity index is 1.96. The lowest BCUT2D eigenvalue weighted by Gasteiger charge is -2.32. The lowest BCUT2D eigenvalue weighted by Crippen LogP contribution is -2.26. The minimum atomic E-state index is -0.242. The maximum atomic E-state index is 13.4. The highest BCUT2D eigenvalue weighted by atomic mass is 35.5. The standard InChI is InChI=1S/C16H15ClFNO/c1-19-14-9-16(10-3-2-4-12(18)7-10)20-15-6-5-11(17)8-13(14)15/h2-8,14,16,19H,9H2,1H3. The van der Waals surface area contributed by atoms with Crippen LogP contribution in [0.1, 0.15) is 29.7 Å². The molecule has 1 heterocycles. The van der Waals surface area contributed by atoms with Crippen LogP contribution in [-0.4, -0.2) is 7.05 Å². The lowest BCUT2D eigenvalue weighted by atomic mass is 9.93. The molecule has 0 fully saturated rings. The predicted octanol–water partition coefficient (Wildman–Crippen LogP) is 4.26. The van der Waals surface area contributed by atoms with E-state index >= 15 is 0 Å². The van der Waals surface area contributed by atoms with Crippen molar-refractivity contribution in [2.24, 2.45) is 0 Å². The highest BCUT2D eigenvalue weighted by Crippen LogP contribution is 2.41. The number of hydrogen-bond donors (Lipinski definition) is 1. The van der Waals surface area contributed by atoms with Gasteiger partial charge >= 0.3 is 0 Å². The van der Waals surface area contributed by atoms with Crippen LogP contribution in [0.15, 0.2) is 42.5 Å². The SMILES string of the molecule is CNC1CC(c2cccc(F)c2)Oc2ccc(Cl)cc21. The van der Waals surface area contributed by atoms with Crippen molar-refractivity contribution in [3.8, 4) is 5.75 Å². The molecule has 0 amide bonds. The van der Waals surface area contributed by atoms with Gasteiger partial charge in [-0.3, -0.25) is 0 Å². The smallest absolute Gasteiger partial charge is 0.126 e. The predicted molar refractivity (Wildman–Crippen MR) is 77.6 cm³/mol. The van der Waals surface area contributed by atoms with Crippen LogP contribution in [0.5, 0.6) is 5.75 Å². The van der Waals surface area contributed by atoms with Gasteiger partial charge < -0.3 is 10.1 Å². The van der Waals surface area contributed by atoms with Crippen molar-refractivity contribution in [3.05, 3.63) is 64.4 Å². The van der Waals surface area contributed by atoms with Crippen molar-refractivity contribution in [2.75, 3.05) is 7.05 Å². The van der Waals surface area contributed by atoms with Gasteiger partial charge in [-0.2, -0.15) is 0 Å². The van der Waals surface area contributed by atoms with Gasteiger partial charge in [-0.15, -0.1) is 0 Å². The van der Waals surface area contributed by atoms with E-state index < -0.39 is 0 Å². The summed E-state index contributed by atoms with van der Waals surface area (Å²) in [5, 5.41) is 3.96. The number of ether oxygens (including phenoxy) is 1. The van der Waals surface area contributed by atoms with Gasteiger partial charge in [-0.05, 0) is 42.9 Å². The molecule has 104 valence electrons. The third-order valence-corrected chi connectivity index (χ3v) is 3.87. The molecule has 2 aromatic rings. The summed E-state index contributed by atoms with van der Waals surface area (Å²) >= 11 is 6.04. The second-order valence-corrected chi connectivity index (χ2v) is 5.36. The first-order valence-corrected chi connectivity index (χ1v) is 6.94. The summed E-state index contributed by atoms with van der Waals surface area (Å²) in [4.78, 5) is 0. The quantitative estimate of drug-likeness (QED) is 0.892. The first kappa shape index (κ1) is 13.4. The number of nitrogens with one attached hydrogen (secondary N) is 1. The van der Waals surface area contributed by atoms with Crippen molar-refractivity contribution in [1.82, 2.24) is 5.32 Å². The average molecular weight is 292 g/mol. The van der Waals surface area contributed by atoms with Crippen LogP contribution in [0.3, 0.4) is 0 Å². The van der Waals surface area contributed by atoms with Gasteiger partial charge in [0.05, 0.1) is 0 Å². The Morgan fingerprint density at radius 1 is 1.25 bits per heavy atom. The molecule has 0 aromatic heterocycles. The first-order chi connectivity index (χ1) is 9.67. The number of rotatable bonds is 2. The van der Waals surface area contributed by atoms with Gasteiger partial charge in [0.15, 0.2) is 0 Å². The van der Waals surface area contributed by atoms with E-state index in [-0.39, 0.29) is 18.0 Å². The summed E-state index contributed by atoms with van der Waals surface area (Å²) in [5.74, 6) is 0.559. The van der Waals surface area contributed by atoms with E-state index in [4.69, 9.17) is 16.3 Å². The maximum absolute atomic E-state index is 13.4. The van der Waals surface area contributed by atoms with E-state index in [0.29, 0.717) is 5.02 Å². The monoisotopic (exact) mass is 291 g/mol. The molecule has 2 atom stereocenters. The number of halogens is 2. The van der Waals surface area contributed by atoms with Crippen LogP contribution in [0.25, 0.3) is 0 Å². The molecule has 1 N–H and O–H groups in total. The van der Waals surface area contributed by atoms with Crippen LogP contribution >= 0.6 is 11.6 Å². The van der Waals surface area contributed by atoms with E-state index in [1.165, 1.54) is 12.1 Å². The summed E-state index contributed by atoms with van der Waals surface area (Å²) in [6.45, 7) is 0. The molecule has 0 radical (unpaired) electrons. The molecule has 0 aliphatic carbocycles. The molecule has 0 bridgehead atoms. The third kappa shape index (κ3) is 2.51. The van der Waals surface area contributed by atoms with Gasteiger partial charge in [0.25, 0.3) is 0 Å². The maximum Gasteiger partial charge on any atom is 0.126 e. The van der Waals surface area contributed by atoms with Crippen LogP contribution in [-0.2, 0) is 0 Å². The Kier molecular flexibility index (Phi) is 3.64. The Labute approximate surface area is 122 Å². The largest absolute Gasteiger partial charge is 0.485 e. The van der Waals surface area contributed by atoms with E-state index in [1.807, 2.05) is 25.2 Å². The van der Waals surface area contributed by atoms with E-state index in [0.717, 1.165) is 23.3 Å². The van der Waals surface area contributed by atoms with Gasteiger partial charge in [0.1, 0.15) is 17.7 Å². The zero-order chi connectivity index (χ0) is 14.1. The van der Waals surface area contributed by atoms with E-state index in [2.05, 4.69) is 5.32 Å². The van der Waals surface area contributed by atoms with E-state index in [9.17, 15) is 4.39 Å². The molecule has 3 rings (SSSR count). The number of hydrogen-bond acceptors (Lipinski definition) is 2. The summed E-state index contributed by atoms with van der Waals surface area (Å²) in [5.41, 5.74) is 1.90. The minimum absolute atomic E-state index is 0.144. The van der Waals surface area contributed by atoms with Gasteiger partial charge in [0.2, 0.25) is 0 Å². The molecule has 0 saturated carbocycles. The van der Waals surface area contributed by atoms with Crippen LogP contribution in [0.2, 0.25) is 5.02 Å². The average Bonchev–Trinajstić information content (AvgIpc) is 2.46. The van der Waals surface area contributed by atoms with Gasteiger partial charge in [-0.25, -0.2) is 4.39 Å². The van der Waals surface area contributed by atoms with E-state index in [1.54, 1.807) is 12.1 Å². The van der Waals surface area contributed by atoms with Crippen molar-refractivity contribution in [1.29, 1.82) is 0 Å². The first-order valence-electron chi connectivity index (χ1n) is 6.56. The molecule has 2 unspecified atom stereocenters. The Hall–Kier alpha value is -1.58. The van der Waals surface area contributed by atoms with Gasteiger partial charge in [-0.1, -0.05) is 23.7 Å². The van der Waals surface area contributed by atoms with Crippen LogP contribution in [0.4, 0.5) is 4.39 Å². The molecule has 1 aliphatic heterocycles. The Morgan fingerprint density at radius 3 is 2.85 bits per heavy atom. The van der Waals surface area contributed by atoms with Crippen molar-refractivity contribution in [2.45, 2.75) is 18.6 Å². The Morgan fingerprint density at radius 2 is 2.10 bits per heavy atom. The fraction of sp³-hybridized carbons (Fsp3) is 0.250. The summed E-state index contributed by atoms with van der Waals surface area (Å²) in [6.07, 6.45) is 0.588. The zero-order valence-corrected chi connectivity index (χ0v) is 11.8. The van der Waals surface area contributed by atoms with Crippen molar-refractivity contribution in [3.63, 3.8) is 0 Å². The molecular formula is C16H15ClFNO. The zero-order valence-electron chi connectivity index (χ0n) is 11.1. The topological polar surface area (TPSA) is 21.3 Å². The number of benzene rings is 2. The fourth-order valence-electron chi connectivity index (χ4n) is 2.63. The molecule has 2 aromatic carbocycles. The normalized spacial score (nSPS) is 21.1. The number of fused-ring (bicyclic) bond motifs is 1. The molecule has 0 saturated heterocycles. The molecule has 2 nitrogen and oxygen atoms in total. The van der Waals surface area contributed by atoms with Crippen LogP contribution in [0, 0.1) is 5.82 Å². The molecule has 0 spiro atoms. The minimum Gasteiger partial charge on any atom is -0.485 e. The molecular weight excluding hydrogens is 277 g/mol. The summed E-state index contributed by atoms with van der Waals surface area (Å²) in [7, 11) is 1.91. The lowest BCUT2D eigenvalue weighted by molar-refractivity contribution is 0.153. The molecule has 4 heteroatoms. The molecule has 1 aliphatic rings. The highest BCUT2D eigenvalue weighted by Gasteiger charge is 2.28. The Bertz CT molecular complexity index is 632. The van der Waals surface area contributed by atoms with Crippen LogP contribution < -0.4 is 10.1 Å². The van der Waals surface area contributed by atoms with Gasteiger partial charge in [0, 0.05) is 23.0 Å². The summed E-state index contributed by atoms with van der Waals surface area (Å²) < 4.78 is 19.4. The third-order valence-electron chi connectivity index (χ3n) is 3.64.